The van der Waals surface area contributed by atoms with Gasteiger partial charge in [-0.3, -0.25) is 0 Å². The van der Waals surface area contributed by atoms with Gasteiger partial charge in [0.05, 0.1) is 5.39 Å². The van der Waals surface area contributed by atoms with Crippen LogP contribution in [0.2, 0.25) is 0 Å². The van der Waals surface area contributed by atoms with Gasteiger partial charge in [0, 0.05) is 11.0 Å². The fourth-order valence-corrected chi connectivity index (χ4v) is 2.94. The number of hydrogen-bond donors (Lipinski definition) is 1. The molecule has 0 radical (unpaired) electrons. The van der Waals surface area contributed by atoms with Crippen LogP contribution in [0, 0.1) is 0 Å². The number of nitrogens with one attached hydrogen (secondary N) is 1. The highest BCUT2D eigenvalue weighted by atomic mass is 79.9. The molecule has 0 unspecified atom stereocenters. The number of halogens is 1. The van der Waals surface area contributed by atoms with Crippen LogP contribution in [0.3, 0.4) is 0 Å². The van der Waals surface area contributed by atoms with Crippen LogP contribution in [0.4, 0.5) is 5.82 Å². The van der Waals surface area contributed by atoms with Gasteiger partial charge in [-0.15, -0.1) is 11.3 Å². The molecule has 0 amide bonds. The smallest absolute Gasteiger partial charge is 0.138 e. The van der Waals surface area contributed by atoms with Crippen LogP contribution in [0.5, 0.6) is 0 Å². The van der Waals surface area contributed by atoms with Crippen LogP contribution in [0.25, 0.3) is 10.2 Å². The topological polar surface area (TPSA) is 37.8 Å². The Morgan fingerprint density at radius 2 is 2.17 bits per heavy atom. The first kappa shape index (κ1) is 11.6. The summed E-state index contributed by atoms with van der Waals surface area (Å²) in [5.41, 5.74) is 1.21. The molecular formula is C13H10BrN3S. The largest absolute Gasteiger partial charge is 0.365 e. The van der Waals surface area contributed by atoms with E-state index in [0.29, 0.717) is 0 Å². The average molecular weight is 320 g/mol. The number of benzene rings is 1. The molecule has 3 nitrogen and oxygen atoms in total. The van der Waals surface area contributed by atoms with Gasteiger partial charge in [-0.25, -0.2) is 9.97 Å². The molecule has 0 saturated carbocycles. The molecule has 3 aromatic rings. The first-order valence-electron chi connectivity index (χ1n) is 5.49. The number of anilines is 1. The Bertz CT molecular complexity index is 681. The maximum atomic E-state index is 4.29. The summed E-state index contributed by atoms with van der Waals surface area (Å²) in [6, 6.07) is 10.3. The van der Waals surface area contributed by atoms with Crippen molar-refractivity contribution < 1.29 is 0 Å². The lowest BCUT2D eigenvalue weighted by Gasteiger charge is -2.06. The third-order valence-electron chi connectivity index (χ3n) is 2.61. The maximum absolute atomic E-state index is 4.29. The molecule has 2 aromatic heterocycles. The highest BCUT2D eigenvalue weighted by Gasteiger charge is 2.04. The number of thiophene rings is 1. The Labute approximate surface area is 117 Å². The maximum Gasteiger partial charge on any atom is 0.138 e. The highest BCUT2D eigenvalue weighted by Crippen LogP contribution is 2.24. The molecule has 1 aromatic carbocycles. The van der Waals surface area contributed by atoms with Crippen molar-refractivity contribution in [2.45, 2.75) is 6.54 Å². The molecule has 2 heterocycles. The summed E-state index contributed by atoms with van der Waals surface area (Å²) in [4.78, 5) is 9.54. The first-order valence-corrected chi connectivity index (χ1v) is 7.17. The first-order chi connectivity index (χ1) is 8.83. The molecule has 18 heavy (non-hydrogen) atoms. The van der Waals surface area contributed by atoms with Crippen molar-refractivity contribution in [3.8, 4) is 0 Å². The predicted molar refractivity (Wildman–Crippen MR) is 78.9 cm³/mol. The summed E-state index contributed by atoms with van der Waals surface area (Å²) >= 11 is 5.10. The average Bonchev–Trinajstić information content (AvgIpc) is 2.85. The van der Waals surface area contributed by atoms with Crippen molar-refractivity contribution >= 4 is 43.3 Å². The third kappa shape index (κ3) is 2.37. The van der Waals surface area contributed by atoms with Gasteiger partial charge in [0.2, 0.25) is 0 Å². The Hall–Kier alpha value is -1.46. The fourth-order valence-electron chi connectivity index (χ4n) is 1.76. The molecule has 3 rings (SSSR count). The predicted octanol–water partition coefficient (Wildman–Crippen LogP) is 4.07. The molecule has 0 bridgehead atoms. The second-order valence-electron chi connectivity index (χ2n) is 3.85. The zero-order valence-electron chi connectivity index (χ0n) is 9.43. The van der Waals surface area contributed by atoms with E-state index in [1.807, 2.05) is 23.6 Å². The lowest BCUT2D eigenvalue weighted by Crippen LogP contribution is -2.01. The molecule has 0 atom stereocenters. The van der Waals surface area contributed by atoms with E-state index < -0.39 is 0 Å². The van der Waals surface area contributed by atoms with Crippen LogP contribution < -0.4 is 5.32 Å². The van der Waals surface area contributed by atoms with Gasteiger partial charge in [-0.2, -0.15) is 0 Å². The van der Waals surface area contributed by atoms with E-state index in [0.717, 1.165) is 27.1 Å². The fraction of sp³-hybridized carbons (Fsp3) is 0.0769. The van der Waals surface area contributed by atoms with Crippen molar-refractivity contribution in [3.63, 3.8) is 0 Å². The molecule has 5 heteroatoms. The number of hydrogen-bond acceptors (Lipinski definition) is 4. The monoisotopic (exact) mass is 319 g/mol. The van der Waals surface area contributed by atoms with E-state index in [9.17, 15) is 0 Å². The third-order valence-corrected chi connectivity index (χ3v) is 3.92. The van der Waals surface area contributed by atoms with Crippen LogP contribution in [-0.2, 0) is 6.54 Å². The lowest BCUT2D eigenvalue weighted by molar-refractivity contribution is 1.10. The summed E-state index contributed by atoms with van der Waals surface area (Å²) in [6.45, 7) is 0.751. The van der Waals surface area contributed by atoms with Gasteiger partial charge in [-0.1, -0.05) is 28.1 Å². The van der Waals surface area contributed by atoms with Crippen molar-refractivity contribution in [1.82, 2.24) is 9.97 Å². The van der Waals surface area contributed by atoms with Crippen molar-refractivity contribution in [1.29, 1.82) is 0 Å². The van der Waals surface area contributed by atoms with Gasteiger partial charge in [0.1, 0.15) is 17.0 Å². The molecule has 0 aliphatic heterocycles. The molecule has 0 aliphatic carbocycles. The summed E-state index contributed by atoms with van der Waals surface area (Å²) in [7, 11) is 0. The quantitative estimate of drug-likeness (QED) is 0.790. The van der Waals surface area contributed by atoms with E-state index in [2.05, 4.69) is 43.3 Å². The van der Waals surface area contributed by atoms with E-state index in [-0.39, 0.29) is 0 Å². The minimum Gasteiger partial charge on any atom is -0.365 e. The Morgan fingerprint density at radius 3 is 3.06 bits per heavy atom. The SMILES string of the molecule is Brc1cccc(CNc2ncnc3sccc23)c1. The molecule has 0 saturated heterocycles. The normalized spacial score (nSPS) is 10.7. The van der Waals surface area contributed by atoms with Crippen molar-refractivity contribution in [2.24, 2.45) is 0 Å². The Kier molecular flexibility index (Phi) is 3.25. The summed E-state index contributed by atoms with van der Waals surface area (Å²) in [5, 5.41) is 6.46. The molecular weight excluding hydrogens is 310 g/mol. The molecule has 0 aliphatic rings. The molecule has 0 fully saturated rings. The van der Waals surface area contributed by atoms with Crippen LogP contribution in [-0.4, -0.2) is 9.97 Å². The summed E-state index contributed by atoms with van der Waals surface area (Å²) in [6.07, 6.45) is 1.60. The number of rotatable bonds is 3. The van der Waals surface area contributed by atoms with Crippen LogP contribution in [0.15, 0.2) is 46.5 Å². The minimum atomic E-state index is 0.751. The zero-order chi connectivity index (χ0) is 12.4. The van der Waals surface area contributed by atoms with E-state index in [1.165, 1.54) is 5.56 Å². The minimum absolute atomic E-state index is 0.751. The standard InChI is InChI=1S/C13H10BrN3S/c14-10-3-1-2-9(6-10)7-15-12-11-4-5-18-13(11)17-8-16-12/h1-6,8H,7H2,(H,15,16,17). The second-order valence-corrected chi connectivity index (χ2v) is 5.66. The number of aromatic nitrogens is 2. The van der Waals surface area contributed by atoms with Crippen LogP contribution in [0.1, 0.15) is 5.56 Å². The van der Waals surface area contributed by atoms with Gasteiger partial charge < -0.3 is 5.32 Å². The lowest BCUT2D eigenvalue weighted by atomic mass is 10.2. The Balaban J connectivity index is 1.83. The molecule has 90 valence electrons. The van der Waals surface area contributed by atoms with Gasteiger partial charge >= 0.3 is 0 Å². The van der Waals surface area contributed by atoms with Gasteiger partial charge in [0.25, 0.3) is 0 Å². The van der Waals surface area contributed by atoms with E-state index >= 15 is 0 Å². The van der Waals surface area contributed by atoms with Crippen molar-refractivity contribution in [3.05, 3.63) is 52.1 Å². The number of nitrogens with zero attached hydrogens (tertiary/aromatic N) is 2. The summed E-state index contributed by atoms with van der Waals surface area (Å²) in [5.74, 6) is 0.890. The molecule has 1 N–H and O–H groups in total. The van der Waals surface area contributed by atoms with Crippen molar-refractivity contribution in [2.75, 3.05) is 5.32 Å². The zero-order valence-corrected chi connectivity index (χ0v) is 11.8. The molecule has 0 spiro atoms. The van der Waals surface area contributed by atoms with E-state index in [4.69, 9.17) is 0 Å². The van der Waals surface area contributed by atoms with E-state index in [1.54, 1.807) is 17.7 Å². The van der Waals surface area contributed by atoms with Gasteiger partial charge in [-0.05, 0) is 29.1 Å². The number of fused-ring (bicyclic) bond motifs is 1. The summed E-state index contributed by atoms with van der Waals surface area (Å²) < 4.78 is 1.09. The van der Waals surface area contributed by atoms with Gasteiger partial charge in [0.15, 0.2) is 0 Å². The second kappa shape index (κ2) is 5.04. The Morgan fingerprint density at radius 1 is 1.22 bits per heavy atom. The van der Waals surface area contributed by atoms with Crippen LogP contribution >= 0.6 is 27.3 Å². The highest BCUT2D eigenvalue weighted by molar-refractivity contribution is 9.10.